The van der Waals surface area contributed by atoms with E-state index >= 15 is 0 Å². The fraction of sp³-hybridized carbons (Fsp3) is 1.00. The maximum Gasteiger partial charge on any atom is 0.208 e. The zero-order valence-electron chi connectivity index (χ0n) is 12.6. The van der Waals surface area contributed by atoms with Gasteiger partial charge in [-0.2, -0.15) is 0 Å². The lowest BCUT2D eigenvalue weighted by Gasteiger charge is -2.35. The Kier molecular flexibility index (Phi) is 7.28. The normalized spacial score (nSPS) is 19.2. The van der Waals surface area contributed by atoms with Crippen LogP contribution in [0.15, 0.2) is 0 Å². The summed E-state index contributed by atoms with van der Waals surface area (Å²) in [6, 6.07) is 0.727. The molecule has 5 nitrogen and oxygen atoms in total. The predicted octanol–water partition coefficient (Wildman–Crippen LogP) is 0.732. The molecule has 0 bridgehead atoms. The first-order valence-corrected chi connectivity index (χ1v) is 9.11. The second-order valence-corrected chi connectivity index (χ2v) is 7.58. The number of rotatable bonds is 8. The predicted molar refractivity (Wildman–Crippen MR) is 79.8 cm³/mol. The van der Waals surface area contributed by atoms with Crippen molar-refractivity contribution in [3.8, 4) is 0 Å². The largest absolute Gasteiger partial charge is 0.306 e. The fourth-order valence-electron chi connectivity index (χ4n) is 2.54. The van der Waals surface area contributed by atoms with Gasteiger partial charge in [0.15, 0.2) is 0 Å². The molecule has 0 spiro atoms. The molecule has 0 radical (unpaired) electrons. The average Bonchev–Trinajstić information content (AvgIpc) is 2.33. The van der Waals surface area contributed by atoms with Gasteiger partial charge < -0.3 is 9.80 Å². The van der Waals surface area contributed by atoms with E-state index in [1.165, 1.54) is 32.2 Å². The Morgan fingerprint density at radius 1 is 1.21 bits per heavy atom. The SMILES string of the molecule is CN1CCC(N(C)CCCCCNS(C)(=O)=O)CC1. The summed E-state index contributed by atoms with van der Waals surface area (Å²) in [5, 5.41) is 0. The first-order chi connectivity index (χ1) is 8.88. The molecule has 1 heterocycles. The Morgan fingerprint density at radius 3 is 2.42 bits per heavy atom. The Labute approximate surface area is 118 Å². The molecule has 0 atom stereocenters. The van der Waals surface area contributed by atoms with Crippen LogP contribution in [0.25, 0.3) is 0 Å². The highest BCUT2D eigenvalue weighted by Crippen LogP contribution is 2.14. The van der Waals surface area contributed by atoms with Crippen LogP contribution in [0, 0.1) is 0 Å². The van der Waals surface area contributed by atoms with E-state index in [-0.39, 0.29) is 0 Å². The number of sulfonamides is 1. The van der Waals surface area contributed by atoms with Crippen LogP contribution in [0.4, 0.5) is 0 Å². The van der Waals surface area contributed by atoms with Crippen molar-refractivity contribution < 1.29 is 8.42 Å². The summed E-state index contributed by atoms with van der Waals surface area (Å²) in [6.07, 6.45) is 6.90. The van der Waals surface area contributed by atoms with E-state index in [0.717, 1.165) is 31.8 Å². The van der Waals surface area contributed by atoms with E-state index < -0.39 is 10.0 Å². The molecule has 0 aromatic heterocycles. The molecule has 0 saturated carbocycles. The van der Waals surface area contributed by atoms with Crippen LogP contribution in [-0.4, -0.2) is 70.8 Å². The molecule has 0 aromatic carbocycles. The Hall–Kier alpha value is -0.170. The molecule has 1 saturated heterocycles. The van der Waals surface area contributed by atoms with Crippen molar-refractivity contribution in [2.75, 3.05) is 46.5 Å². The highest BCUT2D eigenvalue weighted by Gasteiger charge is 2.19. The van der Waals surface area contributed by atoms with Crippen molar-refractivity contribution in [2.24, 2.45) is 0 Å². The van der Waals surface area contributed by atoms with Crippen molar-refractivity contribution >= 4 is 10.0 Å². The van der Waals surface area contributed by atoms with Gasteiger partial charge in [0.05, 0.1) is 6.26 Å². The van der Waals surface area contributed by atoms with Gasteiger partial charge in [0.1, 0.15) is 0 Å². The lowest BCUT2D eigenvalue weighted by molar-refractivity contribution is 0.142. The first-order valence-electron chi connectivity index (χ1n) is 7.22. The molecule has 0 unspecified atom stereocenters. The molecule has 0 aliphatic carbocycles. The van der Waals surface area contributed by atoms with Gasteiger partial charge >= 0.3 is 0 Å². The average molecular weight is 291 g/mol. The van der Waals surface area contributed by atoms with Gasteiger partial charge in [-0.1, -0.05) is 6.42 Å². The topological polar surface area (TPSA) is 52.6 Å². The van der Waals surface area contributed by atoms with Gasteiger partial charge in [-0.05, 0) is 59.4 Å². The third kappa shape index (κ3) is 7.87. The van der Waals surface area contributed by atoms with E-state index in [4.69, 9.17) is 0 Å². The van der Waals surface area contributed by atoms with Crippen LogP contribution in [0.3, 0.4) is 0 Å². The van der Waals surface area contributed by atoms with Crippen LogP contribution in [0.1, 0.15) is 32.1 Å². The van der Waals surface area contributed by atoms with E-state index in [2.05, 4.69) is 28.6 Å². The molecule has 1 fully saturated rings. The molecule has 6 heteroatoms. The van der Waals surface area contributed by atoms with E-state index in [1.807, 2.05) is 0 Å². The molecule has 1 N–H and O–H groups in total. The lowest BCUT2D eigenvalue weighted by Crippen LogP contribution is -2.42. The van der Waals surface area contributed by atoms with Crippen molar-refractivity contribution in [3.05, 3.63) is 0 Å². The third-order valence-electron chi connectivity index (χ3n) is 3.86. The highest BCUT2D eigenvalue weighted by molar-refractivity contribution is 7.88. The summed E-state index contributed by atoms with van der Waals surface area (Å²) in [6.45, 7) is 4.09. The minimum absolute atomic E-state index is 0.566. The summed E-state index contributed by atoms with van der Waals surface area (Å²) in [7, 11) is 1.38. The van der Waals surface area contributed by atoms with Crippen molar-refractivity contribution in [1.29, 1.82) is 0 Å². The van der Waals surface area contributed by atoms with E-state index in [0.29, 0.717) is 6.54 Å². The highest BCUT2D eigenvalue weighted by atomic mass is 32.2. The molecule has 19 heavy (non-hydrogen) atoms. The Balaban J connectivity index is 2.03. The molecule has 1 rings (SSSR count). The smallest absolute Gasteiger partial charge is 0.208 e. The summed E-state index contributed by atoms with van der Waals surface area (Å²) >= 11 is 0. The zero-order valence-corrected chi connectivity index (χ0v) is 13.4. The fourth-order valence-corrected chi connectivity index (χ4v) is 3.05. The number of unbranched alkanes of at least 4 members (excludes halogenated alkanes) is 2. The molecule has 114 valence electrons. The van der Waals surface area contributed by atoms with Gasteiger partial charge in [0, 0.05) is 12.6 Å². The number of likely N-dealkylation sites (tertiary alicyclic amines) is 1. The summed E-state index contributed by atoms with van der Waals surface area (Å²) in [5.74, 6) is 0. The van der Waals surface area contributed by atoms with Gasteiger partial charge in [0.25, 0.3) is 0 Å². The summed E-state index contributed by atoms with van der Waals surface area (Å²) in [4.78, 5) is 4.86. The summed E-state index contributed by atoms with van der Waals surface area (Å²) in [5.41, 5.74) is 0. The van der Waals surface area contributed by atoms with Crippen LogP contribution >= 0.6 is 0 Å². The van der Waals surface area contributed by atoms with E-state index in [1.54, 1.807) is 0 Å². The maximum absolute atomic E-state index is 10.9. The van der Waals surface area contributed by atoms with E-state index in [9.17, 15) is 8.42 Å². The zero-order chi connectivity index (χ0) is 14.3. The third-order valence-corrected chi connectivity index (χ3v) is 4.59. The number of nitrogens with one attached hydrogen (secondary N) is 1. The Bertz CT molecular complexity index is 338. The first kappa shape index (κ1) is 16.9. The summed E-state index contributed by atoms with van der Waals surface area (Å²) < 4.78 is 24.3. The van der Waals surface area contributed by atoms with Gasteiger partial charge in [-0.15, -0.1) is 0 Å². The number of hydrogen-bond donors (Lipinski definition) is 1. The molecule has 1 aliphatic heterocycles. The van der Waals surface area contributed by atoms with Gasteiger partial charge in [-0.3, -0.25) is 0 Å². The molecule has 0 amide bonds. The minimum Gasteiger partial charge on any atom is -0.306 e. The standard InChI is InChI=1S/C13H29N3O2S/c1-15-11-7-13(8-12-15)16(2)10-6-4-5-9-14-19(3,17)18/h13-14H,4-12H2,1-3H3. The van der Waals surface area contributed by atoms with Crippen LogP contribution in [0.5, 0.6) is 0 Å². The molecular weight excluding hydrogens is 262 g/mol. The van der Waals surface area contributed by atoms with Crippen molar-refractivity contribution in [1.82, 2.24) is 14.5 Å². The number of piperidine rings is 1. The van der Waals surface area contributed by atoms with Crippen LogP contribution < -0.4 is 4.72 Å². The van der Waals surface area contributed by atoms with Gasteiger partial charge in [0.2, 0.25) is 10.0 Å². The van der Waals surface area contributed by atoms with Crippen molar-refractivity contribution in [3.63, 3.8) is 0 Å². The van der Waals surface area contributed by atoms with Crippen LogP contribution in [0.2, 0.25) is 0 Å². The lowest BCUT2D eigenvalue weighted by atomic mass is 10.0. The second kappa shape index (κ2) is 8.19. The number of nitrogens with zero attached hydrogens (tertiary/aromatic N) is 2. The van der Waals surface area contributed by atoms with Gasteiger partial charge in [-0.25, -0.2) is 13.1 Å². The minimum atomic E-state index is -3.02. The second-order valence-electron chi connectivity index (χ2n) is 5.74. The number of hydrogen-bond acceptors (Lipinski definition) is 4. The van der Waals surface area contributed by atoms with Crippen molar-refractivity contribution in [2.45, 2.75) is 38.1 Å². The monoisotopic (exact) mass is 291 g/mol. The molecule has 1 aliphatic rings. The van der Waals surface area contributed by atoms with Crippen LogP contribution in [-0.2, 0) is 10.0 Å². The molecular formula is C13H29N3O2S. The molecule has 0 aromatic rings. The quantitative estimate of drug-likeness (QED) is 0.670. The maximum atomic E-state index is 10.9. The Morgan fingerprint density at radius 2 is 1.84 bits per heavy atom.